The van der Waals surface area contributed by atoms with Crippen LogP contribution in [0.3, 0.4) is 0 Å². The SMILES string of the molecule is CNC(=O)CCN(C)S(=O)(=O)c1cc(N)c(F)cc1Br. The number of rotatable bonds is 5. The van der Waals surface area contributed by atoms with Gasteiger partial charge in [0.2, 0.25) is 15.9 Å². The van der Waals surface area contributed by atoms with Gasteiger partial charge in [-0.25, -0.2) is 17.1 Å². The Hall–Kier alpha value is -1.19. The molecule has 0 fully saturated rings. The second-order valence-corrected chi connectivity index (χ2v) is 6.92. The fourth-order valence-corrected chi connectivity index (χ4v) is 3.59. The minimum absolute atomic E-state index is 0.00568. The number of nitrogens with one attached hydrogen (secondary N) is 1. The maximum atomic E-state index is 13.2. The number of nitrogens with two attached hydrogens (primary N) is 1. The predicted octanol–water partition coefficient (Wildman–Crippen LogP) is 0.927. The van der Waals surface area contributed by atoms with E-state index in [1.807, 2.05) is 0 Å². The lowest BCUT2D eigenvalue weighted by Crippen LogP contribution is -2.31. The van der Waals surface area contributed by atoms with Crippen molar-refractivity contribution in [3.63, 3.8) is 0 Å². The first kappa shape index (κ1) is 16.9. The molecule has 1 aromatic rings. The molecule has 1 amide bonds. The molecule has 9 heteroatoms. The van der Waals surface area contributed by atoms with Gasteiger partial charge in [-0.3, -0.25) is 4.79 Å². The highest BCUT2D eigenvalue weighted by molar-refractivity contribution is 9.10. The van der Waals surface area contributed by atoms with Gasteiger partial charge in [-0.05, 0) is 28.1 Å². The van der Waals surface area contributed by atoms with Gasteiger partial charge in [-0.1, -0.05) is 0 Å². The maximum absolute atomic E-state index is 13.2. The molecule has 0 aliphatic heterocycles. The van der Waals surface area contributed by atoms with Crippen LogP contribution >= 0.6 is 15.9 Å². The second-order valence-electron chi connectivity index (χ2n) is 4.05. The Bertz CT molecular complexity index is 622. The van der Waals surface area contributed by atoms with Crippen LogP contribution in [0.1, 0.15) is 6.42 Å². The monoisotopic (exact) mass is 367 g/mol. The lowest BCUT2D eigenvalue weighted by Gasteiger charge is -2.18. The summed E-state index contributed by atoms with van der Waals surface area (Å²) in [4.78, 5) is 11.0. The minimum atomic E-state index is -3.85. The number of carbonyl (C=O) groups excluding carboxylic acids is 1. The van der Waals surface area contributed by atoms with E-state index in [1.54, 1.807) is 0 Å². The van der Waals surface area contributed by atoms with E-state index in [2.05, 4.69) is 21.2 Å². The number of carbonyl (C=O) groups is 1. The van der Waals surface area contributed by atoms with Crippen molar-refractivity contribution < 1.29 is 17.6 Å². The summed E-state index contributed by atoms with van der Waals surface area (Å²) in [5.41, 5.74) is 5.13. The third-order valence-electron chi connectivity index (χ3n) is 2.67. The van der Waals surface area contributed by atoms with Gasteiger partial charge in [0.15, 0.2) is 0 Å². The number of hydrogen-bond acceptors (Lipinski definition) is 4. The van der Waals surface area contributed by atoms with Gasteiger partial charge in [0.25, 0.3) is 0 Å². The van der Waals surface area contributed by atoms with Gasteiger partial charge in [-0.2, -0.15) is 0 Å². The second kappa shape index (κ2) is 6.51. The molecule has 0 saturated carbocycles. The molecule has 0 aliphatic rings. The van der Waals surface area contributed by atoms with Crippen LogP contribution in [0.25, 0.3) is 0 Å². The van der Waals surface area contributed by atoms with E-state index in [0.717, 1.165) is 16.4 Å². The highest BCUT2D eigenvalue weighted by Crippen LogP contribution is 2.28. The van der Waals surface area contributed by atoms with Crippen LogP contribution in [0, 0.1) is 5.82 Å². The first-order chi connectivity index (χ1) is 9.20. The highest BCUT2D eigenvalue weighted by atomic mass is 79.9. The molecule has 112 valence electrons. The zero-order chi connectivity index (χ0) is 15.5. The summed E-state index contributed by atoms with van der Waals surface area (Å²) >= 11 is 3.00. The van der Waals surface area contributed by atoms with E-state index in [9.17, 15) is 17.6 Å². The summed E-state index contributed by atoms with van der Waals surface area (Å²) in [6.07, 6.45) is 0.0283. The lowest BCUT2D eigenvalue weighted by molar-refractivity contribution is -0.120. The Morgan fingerprint density at radius 3 is 2.65 bits per heavy atom. The Labute approximate surface area is 125 Å². The molecule has 0 saturated heterocycles. The number of nitrogen functional groups attached to an aromatic ring is 1. The number of amides is 1. The Balaban J connectivity index is 3.04. The third-order valence-corrected chi connectivity index (χ3v) is 5.49. The number of halogens is 2. The van der Waals surface area contributed by atoms with Crippen LogP contribution in [0.4, 0.5) is 10.1 Å². The van der Waals surface area contributed by atoms with Crippen LogP contribution < -0.4 is 11.1 Å². The van der Waals surface area contributed by atoms with Crippen molar-refractivity contribution in [1.29, 1.82) is 0 Å². The van der Waals surface area contributed by atoms with E-state index in [1.165, 1.54) is 14.1 Å². The topological polar surface area (TPSA) is 92.5 Å². The average Bonchev–Trinajstić information content (AvgIpc) is 2.39. The Morgan fingerprint density at radius 1 is 1.50 bits per heavy atom. The lowest BCUT2D eigenvalue weighted by atomic mass is 10.3. The van der Waals surface area contributed by atoms with E-state index in [-0.39, 0.29) is 33.9 Å². The van der Waals surface area contributed by atoms with Crippen LogP contribution in [0.2, 0.25) is 0 Å². The first-order valence-electron chi connectivity index (χ1n) is 5.61. The summed E-state index contributed by atoms with van der Waals surface area (Å²) in [7, 11) is -1.05. The van der Waals surface area contributed by atoms with Crippen LogP contribution in [-0.4, -0.2) is 39.3 Å². The van der Waals surface area contributed by atoms with Gasteiger partial charge in [0.1, 0.15) is 5.82 Å². The number of anilines is 1. The molecule has 20 heavy (non-hydrogen) atoms. The summed E-state index contributed by atoms with van der Waals surface area (Å²) in [6, 6.07) is 2.04. The average molecular weight is 368 g/mol. The minimum Gasteiger partial charge on any atom is -0.396 e. The van der Waals surface area contributed by atoms with Gasteiger partial charge in [-0.15, -0.1) is 0 Å². The summed E-state index contributed by atoms with van der Waals surface area (Å²) in [6.45, 7) is 0.00568. The third kappa shape index (κ3) is 3.68. The van der Waals surface area contributed by atoms with Gasteiger partial charge >= 0.3 is 0 Å². The van der Waals surface area contributed by atoms with E-state index in [0.29, 0.717) is 0 Å². The van der Waals surface area contributed by atoms with Crippen LogP contribution in [0.5, 0.6) is 0 Å². The van der Waals surface area contributed by atoms with E-state index < -0.39 is 15.8 Å². The number of sulfonamides is 1. The largest absolute Gasteiger partial charge is 0.396 e. The highest BCUT2D eigenvalue weighted by Gasteiger charge is 2.25. The number of benzene rings is 1. The van der Waals surface area contributed by atoms with E-state index >= 15 is 0 Å². The first-order valence-corrected chi connectivity index (χ1v) is 7.85. The van der Waals surface area contributed by atoms with Crippen molar-refractivity contribution in [3.05, 3.63) is 22.4 Å². The molecular weight excluding hydrogens is 353 g/mol. The van der Waals surface area contributed by atoms with Crippen molar-refractivity contribution in [2.75, 3.05) is 26.4 Å². The van der Waals surface area contributed by atoms with Crippen molar-refractivity contribution in [3.8, 4) is 0 Å². The van der Waals surface area contributed by atoms with Gasteiger partial charge in [0.05, 0.1) is 10.6 Å². The van der Waals surface area contributed by atoms with Crippen LogP contribution in [-0.2, 0) is 14.8 Å². The zero-order valence-corrected chi connectivity index (χ0v) is 13.4. The van der Waals surface area contributed by atoms with Crippen molar-refractivity contribution >= 4 is 37.5 Å². The Morgan fingerprint density at radius 2 is 2.10 bits per heavy atom. The molecule has 0 bridgehead atoms. The standard InChI is InChI=1S/C11H15BrFN3O3S/c1-15-11(17)3-4-16(2)20(18,19)10-6-9(14)8(13)5-7(10)12/h5-6H,3-4,14H2,1-2H3,(H,15,17). The van der Waals surface area contributed by atoms with Gasteiger partial charge in [0, 0.05) is 31.5 Å². The molecule has 0 heterocycles. The molecular formula is C11H15BrFN3O3S. The molecule has 0 radical (unpaired) electrons. The summed E-state index contributed by atoms with van der Waals surface area (Å²) in [5.74, 6) is -0.978. The van der Waals surface area contributed by atoms with Crippen molar-refractivity contribution in [2.45, 2.75) is 11.3 Å². The van der Waals surface area contributed by atoms with Crippen molar-refractivity contribution in [2.24, 2.45) is 0 Å². The number of nitrogens with zero attached hydrogens (tertiary/aromatic N) is 1. The molecule has 6 nitrogen and oxygen atoms in total. The molecule has 0 spiro atoms. The molecule has 1 rings (SSSR count). The fourth-order valence-electron chi connectivity index (χ4n) is 1.41. The normalized spacial score (nSPS) is 11.7. The maximum Gasteiger partial charge on any atom is 0.244 e. The zero-order valence-electron chi connectivity index (χ0n) is 11.0. The smallest absolute Gasteiger partial charge is 0.244 e. The van der Waals surface area contributed by atoms with Gasteiger partial charge < -0.3 is 11.1 Å². The predicted molar refractivity (Wildman–Crippen MR) is 77.0 cm³/mol. The summed E-state index contributed by atoms with van der Waals surface area (Å²) in [5, 5.41) is 2.40. The molecule has 3 N–H and O–H groups in total. The molecule has 1 aromatic carbocycles. The molecule has 0 atom stereocenters. The van der Waals surface area contributed by atoms with Crippen molar-refractivity contribution in [1.82, 2.24) is 9.62 Å². The quantitative estimate of drug-likeness (QED) is 0.757. The Kier molecular flexibility index (Phi) is 5.49. The van der Waals surface area contributed by atoms with E-state index in [4.69, 9.17) is 5.73 Å². The fraction of sp³-hybridized carbons (Fsp3) is 0.364. The molecule has 0 aliphatic carbocycles. The molecule has 0 unspecified atom stereocenters. The number of hydrogen-bond donors (Lipinski definition) is 2. The van der Waals surface area contributed by atoms with Crippen LogP contribution in [0.15, 0.2) is 21.5 Å². The summed E-state index contributed by atoms with van der Waals surface area (Å²) < 4.78 is 38.9. The molecule has 0 aromatic heterocycles.